The molecule has 2 aromatic rings. The number of hydrogen-bond donors (Lipinski definition) is 2. The number of carboxylic acids is 1. The summed E-state index contributed by atoms with van der Waals surface area (Å²) in [6.45, 7) is 3.50. The molecule has 9 heteroatoms. The van der Waals surface area contributed by atoms with E-state index in [1.54, 1.807) is 13.8 Å². The average molecular weight is 392 g/mol. The van der Waals surface area contributed by atoms with E-state index < -0.39 is 27.9 Å². The lowest BCUT2D eigenvalue weighted by Crippen LogP contribution is -2.32. The fraction of sp³-hybridized carbons (Fsp3) is 0.267. The molecule has 2 N–H and O–H groups in total. The molecule has 0 aliphatic rings. The third kappa shape index (κ3) is 4.13. The Balaban J connectivity index is 2.37. The van der Waals surface area contributed by atoms with Crippen LogP contribution in [0.2, 0.25) is 5.02 Å². The number of benzene rings is 1. The summed E-state index contributed by atoms with van der Waals surface area (Å²) in [7, 11) is -3.99. The minimum atomic E-state index is -3.99. The van der Waals surface area contributed by atoms with E-state index in [1.165, 1.54) is 24.3 Å². The predicted molar refractivity (Wildman–Crippen MR) is 90.6 cm³/mol. The first-order valence-electron chi connectivity index (χ1n) is 6.92. The molecule has 0 amide bonds. The topological polar surface area (TPSA) is 83.5 Å². The number of nitrogens with one attached hydrogen (secondary N) is 1. The maximum atomic E-state index is 14.2. The number of sulfonamides is 1. The number of rotatable bonds is 6. The molecular formula is C15H15ClFNO4S2. The van der Waals surface area contributed by atoms with Crippen molar-refractivity contribution in [3.05, 3.63) is 51.6 Å². The Bertz CT molecular complexity index is 864. The number of hydrogen-bond acceptors (Lipinski definition) is 4. The number of halogens is 2. The molecule has 0 spiro atoms. The molecule has 1 unspecified atom stereocenters. The lowest BCUT2D eigenvalue weighted by molar-refractivity contribution is 0.0702. The molecule has 5 nitrogen and oxygen atoms in total. The molecule has 2 rings (SSSR count). The van der Waals surface area contributed by atoms with E-state index in [-0.39, 0.29) is 25.6 Å². The lowest BCUT2D eigenvalue weighted by atomic mass is 9.97. The first-order valence-corrected chi connectivity index (χ1v) is 9.60. The third-order valence-corrected chi connectivity index (χ3v) is 6.54. The fourth-order valence-corrected chi connectivity index (χ4v) is 4.80. The molecule has 130 valence electrons. The Morgan fingerprint density at radius 3 is 2.46 bits per heavy atom. The summed E-state index contributed by atoms with van der Waals surface area (Å²) in [5.74, 6) is -2.05. The molecule has 0 saturated carbocycles. The van der Waals surface area contributed by atoms with Crippen LogP contribution in [0.15, 0.2) is 34.5 Å². The van der Waals surface area contributed by atoms with Crippen molar-refractivity contribution in [3.8, 4) is 0 Å². The van der Waals surface area contributed by atoms with Gasteiger partial charge in [-0.1, -0.05) is 31.5 Å². The molecule has 0 saturated heterocycles. The van der Waals surface area contributed by atoms with Gasteiger partial charge in [0.05, 0.1) is 6.04 Å². The summed E-state index contributed by atoms with van der Waals surface area (Å²) < 4.78 is 41.4. The van der Waals surface area contributed by atoms with Gasteiger partial charge >= 0.3 is 5.97 Å². The molecular weight excluding hydrogens is 377 g/mol. The van der Waals surface area contributed by atoms with Crippen LogP contribution in [0.25, 0.3) is 0 Å². The summed E-state index contributed by atoms with van der Waals surface area (Å²) in [4.78, 5) is 10.8. The second-order valence-electron chi connectivity index (χ2n) is 5.43. The van der Waals surface area contributed by atoms with Gasteiger partial charge in [0.25, 0.3) is 10.0 Å². The zero-order chi connectivity index (χ0) is 18.1. The van der Waals surface area contributed by atoms with Gasteiger partial charge in [0.15, 0.2) is 0 Å². The van der Waals surface area contributed by atoms with Crippen molar-refractivity contribution in [1.29, 1.82) is 0 Å². The number of aromatic carboxylic acids is 1. The van der Waals surface area contributed by atoms with Gasteiger partial charge in [-0.3, -0.25) is 0 Å². The van der Waals surface area contributed by atoms with Crippen LogP contribution in [0, 0.1) is 11.7 Å². The van der Waals surface area contributed by atoms with E-state index in [0.29, 0.717) is 11.3 Å². The highest BCUT2D eigenvalue weighted by molar-refractivity contribution is 7.91. The number of carboxylic acid groups (broad SMARTS) is 1. The number of thiophene rings is 1. The predicted octanol–water partition coefficient (Wildman–Crippen LogP) is 3.91. The fourth-order valence-electron chi connectivity index (χ4n) is 2.12. The van der Waals surface area contributed by atoms with E-state index in [0.717, 1.165) is 6.07 Å². The van der Waals surface area contributed by atoms with Crippen molar-refractivity contribution in [2.24, 2.45) is 5.92 Å². The van der Waals surface area contributed by atoms with Crippen molar-refractivity contribution in [2.75, 3.05) is 0 Å². The van der Waals surface area contributed by atoms with Gasteiger partial charge in [0.1, 0.15) is 14.9 Å². The molecule has 0 fully saturated rings. The summed E-state index contributed by atoms with van der Waals surface area (Å²) in [6.07, 6.45) is 0. The largest absolute Gasteiger partial charge is 0.477 e. The van der Waals surface area contributed by atoms with Gasteiger partial charge in [-0.05, 0) is 30.2 Å². The number of carbonyl (C=O) groups is 1. The minimum Gasteiger partial charge on any atom is -0.477 e. The van der Waals surface area contributed by atoms with Gasteiger partial charge in [-0.2, -0.15) is 0 Å². The monoisotopic (exact) mass is 391 g/mol. The van der Waals surface area contributed by atoms with Crippen molar-refractivity contribution < 1.29 is 22.7 Å². The van der Waals surface area contributed by atoms with Gasteiger partial charge in [-0.15, -0.1) is 11.3 Å². The molecule has 0 bridgehead atoms. The van der Waals surface area contributed by atoms with Crippen LogP contribution in [0.3, 0.4) is 0 Å². The lowest BCUT2D eigenvalue weighted by Gasteiger charge is -2.23. The molecule has 0 aliphatic heterocycles. The molecule has 1 aromatic carbocycles. The smallest absolute Gasteiger partial charge is 0.345 e. The summed E-state index contributed by atoms with van der Waals surface area (Å²) in [5, 5.41) is 9.12. The van der Waals surface area contributed by atoms with E-state index in [4.69, 9.17) is 16.7 Å². The van der Waals surface area contributed by atoms with Crippen molar-refractivity contribution in [2.45, 2.75) is 24.1 Å². The first kappa shape index (κ1) is 18.9. The minimum absolute atomic E-state index is 0.0888. The molecule has 1 aromatic heterocycles. The van der Waals surface area contributed by atoms with Crippen LogP contribution in [0.4, 0.5) is 4.39 Å². The maximum absolute atomic E-state index is 14.2. The molecule has 0 aliphatic carbocycles. The van der Waals surface area contributed by atoms with E-state index >= 15 is 0 Å². The van der Waals surface area contributed by atoms with Crippen LogP contribution >= 0.6 is 22.9 Å². The zero-order valence-electron chi connectivity index (χ0n) is 12.8. The maximum Gasteiger partial charge on any atom is 0.345 e. The summed E-state index contributed by atoms with van der Waals surface area (Å²) >= 11 is 6.37. The standard InChI is InChI=1S/C15H15ClFNO4S2/c1-8(2)14(10-4-3-9(16)7-11(10)17)18-24(21,22)13-6-5-12(23-13)15(19)20/h3-8,14,18H,1-2H3,(H,19,20). The van der Waals surface area contributed by atoms with E-state index in [2.05, 4.69) is 4.72 Å². The molecule has 24 heavy (non-hydrogen) atoms. The first-order chi connectivity index (χ1) is 11.1. The van der Waals surface area contributed by atoms with E-state index in [1.807, 2.05) is 0 Å². The van der Waals surface area contributed by atoms with Crippen LogP contribution in [-0.2, 0) is 10.0 Å². The van der Waals surface area contributed by atoms with Gasteiger partial charge in [0, 0.05) is 10.6 Å². The van der Waals surface area contributed by atoms with Crippen LogP contribution in [-0.4, -0.2) is 19.5 Å². The van der Waals surface area contributed by atoms with Crippen LogP contribution in [0.1, 0.15) is 35.1 Å². The summed E-state index contributed by atoms with van der Waals surface area (Å²) in [5.41, 5.74) is 0.174. The zero-order valence-corrected chi connectivity index (χ0v) is 15.2. The highest BCUT2D eigenvalue weighted by Gasteiger charge is 2.27. The van der Waals surface area contributed by atoms with E-state index in [9.17, 15) is 17.6 Å². The Hall–Kier alpha value is -1.48. The average Bonchev–Trinajstić information content (AvgIpc) is 2.96. The van der Waals surface area contributed by atoms with Crippen molar-refractivity contribution in [3.63, 3.8) is 0 Å². The van der Waals surface area contributed by atoms with Crippen LogP contribution < -0.4 is 4.72 Å². The molecule has 1 atom stereocenters. The second-order valence-corrected chi connectivity index (χ2v) is 8.89. The van der Waals surface area contributed by atoms with Gasteiger partial charge in [0.2, 0.25) is 0 Å². The van der Waals surface area contributed by atoms with Gasteiger partial charge < -0.3 is 5.11 Å². The van der Waals surface area contributed by atoms with Gasteiger partial charge in [-0.25, -0.2) is 22.3 Å². The Labute approximate surface area is 148 Å². The molecule has 0 radical (unpaired) electrons. The second kappa shape index (κ2) is 7.18. The highest BCUT2D eigenvalue weighted by atomic mass is 35.5. The summed E-state index contributed by atoms with van der Waals surface area (Å²) in [6, 6.07) is 5.65. The van der Waals surface area contributed by atoms with Crippen molar-refractivity contribution in [1.82, 2.24) is 4.72 Å². The SMILES string of the molecule is CC(C)C(NS(=O)(=O)c1ccc(C(=O)O)s1)c1ccc(Cl)cc1F. The molecule has 1 heterocycles. The Morgan fingerprint density at radius 1 is 1.29 bits per heavy atom. The Morgan fingerprint density at radius 2 is 1.96 bits per heavy atom. The van der Waals surface area contributed by atoms with Crippen LogP contribution in [0.5, 0.6) is 0 Å². The normalized spacial score (nSPS) is 13.2. The van der Waals surface area contributed by atoms with Crippen molar-refractivity contribution >= 4 is 38.9 Å². The highest BCUT2D eigenvalue weighted by Crippen LogP contribution is 2.29. The Kier molecular flexibility index (Phi) is 5.64. The quantitative estimate of drug-likeness (QED) is 0.781. The third-order valence-electron chi connectivity index (χ3n) is 3.30.